The molecule has 7 nitrogen and oxygen atoms in total. The number of likely N-dealkylation sites (tertiary alicyclic amines) is 1. The smallest absolute Gasteiger partial charge is 0.410 e. The van der Waals surface area contributed by atoms with Gasteiger partial charge in [0.25, 0.3) is 5.56 Å². The van der Waals surface area contributed by atoms with Crippen molar-refractivity contribution < 1.29 is 9.53 Å². The molecular weight excluding hydrogens is 388 g/mol. The molecule has 136 valence electrons. The molecule has 1 aliphatic rings. The fraction of sp³-hybridized carbons (Fsp3) is 0.588. The first-order valence-corrected chi connectivity index (χ1v) is 9.21. The highest BCUT2D eigenvalue weighted by molar-refractivity contribution is 9.10. The fourth-order valence-electron chi connectivity index (χ4n) is 3.32. The molecule has 25 heavy (non-hydrogen) atoms. The van der Waals surface area contributed by atoms with Crippen LogP contribution in [0.3, 0.4) is 0 Å². The summed E-state index contributed by atoms with van der Waals surface area (Å²) in [5, 5.41) is 4.42. The van der Waals surface area contributed by atoms with E-state index in [2.05, 4.69) is 26.0 Å². The third kappa shape index (κ3) is 3.89. The number of ether oxygens (including phenoxy) is 1. The minimum atomic E-state index is -0.506. The molecular formula is C17H23BrN4O3. The topological polar surface area (TPSA) is 79.7 Å². The van der Waals surface area contributed by atoms with Gasteiger partial charge in [0.05, 0.1) is 5.69 Å². The Labute approximate surface area is 154 Å². The van der Waals surface area contributed by atoms with Crippen molar-refractivity contribution in [2.24, 2.45) is 0 Å². The molecule has 0 aliphatic carbocycles. The van der Waals surface area contributed by atoms with Crippen LogP contribution in [-0.4, -0.2) is 43.8 Å². The lowest BCUT2D eigenvalue weighted by molar-refractivity contribution is 0.0102. The number of fused-ring (bicyclic) bond motifs is 1. The van der Waals surface area contributed by atoms with E-state index in [1.165, 1.54) is 0 Å². The summed E-state index contributed by atoms with van der Waals surface area (Å²) < 4.78 is 7.94. The van der Waals surface area contributed by atoms with E-state index in [-0.39, 0.29) is 23.6 Å². The number of nitrogens with one attached hydrogen (secondary N) is 1. The minimum Gasteiger partial charge on any atom is -0.444 e. The highest BCUT2D eigenvalue weighted by atomic mass is 79.9. The Hall–Kier alpha value is -1.83. The normalized spacial score (nSPS) is 21.6. The van der Waals surface area contributed by atoms with Crippen LogP contribution in [0.4, 0.5) is 4.79 Å². The lowest BCUT2D eigenvalue weighted by atomic mass is 9.89. The molecule has 2 atom stereocenters. The molecule has 2 aromatic heterocycles. The van der Waals surface area contributed by atoms with Gasteiger partial charge in [0.2, 0.25) is 0 Å². The number of halogens is 1. The average Bonchev–Trinajstić information content (AvgIpc) is 2.84. The van der Waals surface area contributed by atoms with E-state index >= 15 is 0 Å². The maximum Gasteiger partial charge on any atom is 0.410 e. The Morgan fingerprint density at radius 3 is 2.76 bits per heavy atom. The number of piperidine rings is 1. The SMILES string of the molecule is C[C@H]1CC(c2cc(=O)[nH]c3cc(Br)nn23)CCN1C(=O)OC(C)(C)C. The number of rotatable bonds is 1. The lowest BCUT2D eigenvalue weighted by Gasteiger charge is -2.38. The van der Waals surface area contributed by atoms with E-state index in [9.17, 15) is 9.59 Å². The first-order valence-electron chi connectivity index (χ1n) is 8.42. The molecule has 0 radical (unpaired) electrons. The van der Waals surface area contributed by atoms with Crippen molar-refractivity contribution >= 4 is 27.7 Å². The summed E-state index contributed by atoms with van der Waals surface area (Å²) in [4.78, 5) is 28.9. The van der Waals surface area contributed by atoms with Gasteiger partial charge in [-0.15, -0.1) is 0 Å². The monoisotopic (exact) mass is 410 g/mol. The van der Waals surface area contributed by atoms with Crippen molar-refractivity contribution in [3.05, 3.63) is 32.8 Å². The third-order valence-electron chi connectivity index (χ3n) is 4.38. The highest BCUT2D eigenvalue weighted by Gasteiger charge is 2.33. The van der Waals surface area contributed by atoms with Gasteiger partial charge in [-0.2, -0.15) is 5.10 Å². The molecule has 0 saturated carbocycles. The van der Waals surface area contributed by atoms with Crippen LogP contribution in [0.15, 0.2) is 21.5 Å². The summed E-state index contributed by atoms with van der Waals surface area (Å²) in [7, 11) is 0. The standard InChI is InChI=1S/C17H23BrN4O3/c1-10-7-11(5-6-21(10)16(24)25-17(2,3)4)12-8-15(23)19-14-9-13(18)20-22(12)14/h8-11H,5-7H2,1-4H3,(H,19,23)/t10-,11?/m0/s1. The molecule has 1 unspecified atom stereocenters. The van der Waals surface area contributed by atoms with Crippen LogP contribution in [0.5, 0.6) is 0 Å². The van der Waals surface area contributed by atoms with Crippen LogP contribution in [0.2, 0.25) is 0 Å². The van der Waals surface area contributed by atoms with E-state index in [1.807, 2.05) is 27.7 Å². The van der Waals surface area contributed by atoms with Crippen molar-refractivity contribution in [2.75, 3.05) is 6.54 Å². The molecule has 2 aromatic rings. The van der Waals surface area contributed by atoms with Crippen molar-refractivity contribution in [1.29, 1.82) is 0 Å². The van der Waals surface area contributed by atoms with Gasteiger partial charge in [0, 0.05) is 30.6 Å². The largest absolute Gasteiger partial charge is 0.444 e. The van der Waals surface area contributed by atoms with Crippen LogP contribution in [0.1, 0.15) is 52.1 Å². The zero-order valence-corrected chi connectivity index (χ0v) is 16.5. The van der Waals surface area contributed by atoms with Crippen LogP contribution in [-0.2, 0) is 4.74 Å². The maximum atomic E-state index is 12.4. The molecule has 3 heterocycles. The van der Waals surface area contributed by atoms with E-state index in [0.717, 1.165) is 18.5 Å². The molecule has 0 aromatic carbocycles. The number of hydrogen-bond acceptors (Lipinski definition) is 4. The van der Waals surface area contributed by atoms with Gasteiger partial charge in [-0.05, 0) is 56.5 Å². The summed E-state index contributed by atoms with van der Waals surface area (Å²) >= 11 is 3.35. The Morgan fingerprint density at radius 1 is 1.40 bits per heavy atom. The summed E-state index contributed by atoms with van der Waals surface area (Å²) in [6, 6.07) is 3.42. The Kier molecular flexibility index (Phi) is 4.66. The number of nitrogens with zero attached hydrogens (tertiary/aromatic N) is 3. The van der Waals surface area contributed by atoms with Gasteiger partial charge in [0.1, 0.15) is 15.9 Å². The second-order valence-corrected chi connectivity index (χ2v) is 8.38. The fourth-order valence-corrected chi connectivity index (χ4v) is 3.69. The zero-order valence-electron chi connectivity index (χ0n) is 14.9. The molecule has 1 N–H and O–H groups in total. The predicted octanol–water partition coefficient (Wildman–Crippen LogP) is 3.29. The van der Waals surface area contributed by atoms with Gasteiger partial charge >= 0.3 is 6.09 Å². The molecule has 0 bridgehead atoms. The van der Waals surface area contributed by atoms with Gasteiger partial charge < -0.3 is 14.6 Å². The van der Waals surface area contributed by atoms with E-state index in [4.69, 9.17) is 4.74 Å². The number of carbonyl (C=O) groups excluding carboxylic acids is 1. The predicted molar refractivity (Wildman–Crippen MR) is 97.9 cm³/mol. The van der Waals surface area contributed by atoms with Crippen molar-refractivity contribution in [3.63, 3.8) is 0 Å². The molecule has 8 heteroatoms. The second kappa shape index (κ2) is 6.48. The highest BCUT2D eigenvalue weighted by Crippen LogP contribution is 2.32. The average molecular weight is 411 g/mol. The lowest BCUT2D eigenvalue weighted by Crippen LogP contribution is -2.46. The van der Waals surface area contributed by atoms with E-state index < -0.39 is 5.60 Å². The van der Waals surface area contributed by atoms with Crippen molar-refractivity contribution in [3.8, 4) is 0 Å². The molecule has 3 rings (SSSR count). The summed E-state index contributed by atoms with van der Waals surface area (Å²) in [5.41, 5.74) is 0.891. The number of hydrogen-bond donors (Lipinski definition) is 1. The van der Waals surface area contributed by atoms with Gasteiger partial charge in [-0.25, -0.2) is 9.31 Å². The molecule has 1 amide bonds. The summed E-state index contributed by atoms with van der Waals surface area (Å²) in [6.07, 6.45) is 1.24. The zero-order chi connectivity index (χ0) is 18.4. The first kappa shape index (κ1) is 18.0. The maximum absolute atomic E-state index is 12.4. The Bertz CT molecular complexity index is 852. The van der Waals surface area contributed by atoms with E-state index in [1.54, 1.807) is 21.5 Å². The molecule has 0 spiro atoms. The number of amides is 1. The Morgan fingerprint density at radius 2 is 2.12 bits per heavy atom. The van der Waals surface area contributed by atoms with Crippen molar-refractivity contribution in [2.45, 2.75) is 58.1 Å². The summed E-state index contributed by atoms with van der Waals surface area (Å²) in [5.74, 6) is 0.158. The first-order chi connectivity index (χ1) is 11.6. The van der Waals surface area contributed by atoms with Gasteiger partial charge in [0.15, 0.2) is 0 Å². The Balaban J connectivity index is 1.82. The van der Waals surface area contributed by atoms with Crippen LogP contribution in [0, 0.1) is 0 Å². The number of aromatic nitrogens is 3. The number of H-pyrrole nitrogens is 1. The van der Waals surface area contributed by atoms with Crippen molar-refractivity contribution in [1.82, 2.24) is 19.5 Å². The third-order valence-corrected chi connectivity index (χ3v) is 4.76. The van der Waals surface area contributed by atoms with Crippen LogP contribution in [0.25, 0.3) is 5.65 Å². The molecule has 1 fully saturated rings. The van der Waals surface area contributed by atoms with Crippen LogP contribution >= 0.6 is 15.9 Å². The second-order valence-electron chi connectivity index (χ2n) is 7.57. The van der Waals surface area contributed by atoms with Gasteiger partial charge in [-0.1, -0.05) is 0 Å². The minimum absolute atomic E-state index is 0.0296. The quantitative estimate of drug-likeness (QED) is 0.781. The van der Waals surface area contributed by atoms with E-state index in [0.29, 0.717) is 16.8 Å². The molecule has 1 aliphatic heterocycles. The van der Waals surface area contributed by atoms with Crippen LogP contribution < -0.4 is 5.56 Å². The number of aromatic amines is 1. The molecule has 1 saturated heterocycles. The summed E-state index contributed by atoms with van der Waals surface area (Å²) in [6.45, 7) is 8.21. The number of carbonyl (C=O) groups is 1. The van der Waals surface area contributed by atoms with Gasteiger partial charge in [-0.3, -0.25) is 4.79 Å².